The highest BCUT2D eigenvalue weighted by Crippen LogP contribution is 2.34. The summed E-state index contributed by atoms with van der Waals surface area (Å²) >= 11 is 12.9. The Morgan fingerprint density at radius 2 is 1.61 bits per heavy atom. The molecular weight excluding hydrogens is 493 g/mol. The molecule has 4 aromatic rings. The Balaban J connectivity index is 1.19. The SMILES string of the molecule is O=C(N/N=C\c1cc(Cl)c(OCc2ccc3ccccc3c2)c(Cl)c1)c1ccc(N2CCCC2)cc1. The molecule has 182 valence electrons. The first kappa shape index (κ1) is 24.2. The van der Waals surface area contributed by atoms with Crippen molar-refractivity contribution in [1.82, 2.24) is 5.43 Å². The smallest absolute Gasteiger partial charge is 0.271 e. The predicted octanol–water partition coefficient (Wildman–Crippen LogP) is 7.09. The number of amides is 1. The number of hydrazone groups is 1. The zero-order valence-corrected chi connectivity index (χ0v) is 21.1. The molecule has 5 nitrogen and oxygen atoms in total. The lowest BCUT2D eigenvalue weighted by Gasteiger charge is -2.17. The van der Waals surface area contributed by atoms with Crippen LogP contribution in [0.3, 0.4) is 0 Å². The molecule has 5 rings (SSSR count). The first-order valence-electron chi connectivity index (χ1n) is 11.8. The molecule has 1 saturated heterocycles. The number of benzene rings is 4. The Hall–Kier alpha value is -3.54. The van der Waals surface area contributed by atoms with Crippen molar-refractivity contribution in [3.8, 4) is 5.75 Å². The van der Waals surface area contributed by atoms with Gasteiger partial charge in [0.05, 0.1) is 16.3 Å². The summed E-state index contributed by atoms with van der Waals surface area (Å²) in [6.07, 6.45) is 3.92. The number of rotatable bonds is 7. The highest BCUT2D eigenvalue weighted by Gasteiger charge is 2.13. The molecule has 0 bridgehead atoms. The zero-order valence-electron chi connectivity index (χ0n) is 19.6. The minimum absolute atomic E-state index is 0.285. The van der Waals surface area contributed by atoms with Gasteiger partial charge in [-0.15, -0.1) is 0 Å². The van der Waals surface area contributed by atoms with Gasteiger partial charge in [0.1, 0.15) is 6.61 Å². The molecule has 1 N–H and O–H groups in total. The topological polar surface area (TPSA) is 53.9 Å². The van der Waals surface area contributed by atoms with E-state index in [1.165, 1.54) is 24.4 Å². The van der Waals surface area contributed by atoms with Crippen molar-refractivity contribution in [2.45, 2.75) is 19.4 Å². The summed E-state index contributed by atoms with van der Waals surface area (Å²) in [5.41, 5.74) is 5.90. The Bertz CT molecular complexity index is 1390. The van der Waals surface area contributed by atoms with Gasteiger partial charge in [-0.2, -0.15) is 5.10 Å². The van der Waals surface area contributed by atoms with Crippen LogP contribution in [0.15, 0.2) is 84.0 Å². The van der Waals surface area contributed by atoms with Crippen LogP contribution in [0, 0.1) is 0 Å². The van der Waals surface area contributed by atoms with Crippen LogP contribution in [0.1, 0.15) is 34.3 Å². The van der Waals surface area contributed by atoms with Crippen molar-refractivity contribution in [3.05, 3.63) is 106 Å². The molecule has 4 aromatic carbocycles. The third-order valence-corrected chi connectivity index (χ3v) is 6.76. The number of anilines is 1. The summed E-state index contributed by atoms with van der Waals surface area (Å²) in [7, 11) is 0. The molecule has 0 atom stereocenters. The average molecular weight is 518 g/mol. The maximum Gasteiger partial charge on any atom is 0.271 e. The molecule has 36 heavy (non-hydrogen) atoms. The second-order valence-corrected chi connectivity index (χ2v) is 9.54. The van der Waals surface area contributed by atoms with Gasteiger partial charge in [-0.05, 0) is 77.2 Å². The number of nitrogens with one attached hydrogen (secondary N) is 1. The second kappa shape index (κ2) is 11.0. The van der Waals surface area contributed by atoms with E-state index < -0.39 is 0 Å². The van der Waals surface area contributed by atoms with E-state index in [0.29, 0.717) is 33.5 Å². The van der Waals surface area contributed by atoms with E-state index in [1.807, 2.05) is 42.5 Å². The number of halogens is 2. The van der Waals surface area contributed by atoms with Gasteiger partial charge < -0.3 is 9.64 Å². The predicted molar refractivity (Wildman–Crippen MR) is 148 cm³/mol. The standard InChI is InChI=1S/C29H25Cl2N3O2/c30-26-16-21(18-32-33-29(35)23-9-11-25(12-10-23)34-13-3-4-14-34)17-27(31)28(26)36-19-20-7-8-22-5-1-2-6-24(22)15-20/h1-2,5-12,15-18H,3-4,13-14,19H2,(H,33,35)/b32-18-. The minimum atomic E-state index is -0.285. The molecule has 0 spiro atoms. The largest absolute Gasteiger partial charge is 0.486 e. The maximum absolute atomic E-state index is 12.4. The Kier molecular flexibility index (Phi) is 7.40. The lowest BCUT2D eigenvalue weighted by molar-refractivity contribution is 0.0955. The first-order chi connectivity index (χ1) is 17.6. The quantitative estimate of drug-likeness (QED) is 0.210. The lowest BCUT2D eigenvalue weighted by Crippen LogP contribution is -2.19. The number of carbonyl (C=O) groups is 1. The summed E-state index contributed by atoms with van der Waals surface area (Å²) < 4.78 is 5.92. The van der Waals surface area contributed by atoms with Crippen LogP contribution < -0.4 is 15.1 Å². The van der Waals surface area contributed by atoms with Crippen molar-refractivity contribution >= 4 is 51.8 Å². The van der Waals surface area contributed by atoms with Crippen LogP contribution >= 0.6 is 23.2 Å². The van der Waals surface area contributed by atoms with E-state index in [4.69, 9.17) is 27.9 Å². The number of nitrogens with zero attached hydrogens (tertiary/aromatic N) is 2. The van der Waals surface area contributed by atoms with Crippen LogP contribution in [0.4, 0.5) is 5.69 Å². The summed E-state index contributed by atoms with van der Waals surface area (Å²) in [4.78, 5) is 14.8. The van der Waals surface area contributed by atoms with Crippen LogP contribution in [-0.2, 0) is 6.61 Å². The van der Waals surface area contributed by atoms with Gasteiger partial charge in [-0.3, -0.25) is 4.79 Å². The molecule has 1 fully saturated rings. The van der Waals surface area contributed by atoms with Crippen molar-refractivity contribution in [1.29, 1.82) is 0 Å². The van der Waals surface area contributed by atoms with Gasteiger partial charge in [0.25, 0.3) is 5.91 Å². The number of hydrogen-bond acceptors (Lipinski definition) is 4. The van der Waals surface area contributed by atoms with E-state index in [0.717, 1.165) is 29.7 Å². The summed E-state index contributed by atoms with van der Waals surface area (Å²) in [6.45, 7) is 2.47. The Morgan fingerprint density at radius 3 is 2.33 bits per heavy atom. The van der Waals surface area contributed by atoms with E-state index in [-0.39, 0.29) is 5.91 Å². The van der Waals surface area contributed by atoms with Gasteiger partial charge >= 0.3 is 0 Å². The molecule has 1 amide bonds. The molecule has 7 heteroatoms. The molecule has 0 unspecified atom stereocenters. The fourth-order valence-corrected chi connectivity index (χ4v) is 4.92. The van der Waals surface area contributed by atoms with Crippen LogP contribution in [0.2, 0.25) is 10.0 Å². The fraction of sp³-hybridized carbons (Fsp3) is 0.172. The van der Waals surface area contributed by atoms with Gasteiger partial charge in [-0.25, -0.2) is 5.43 Å². The molecule has 1 heterocycles. The Morgan fingerprint density at radius 1 is 0.917 bits per heavy atom. The molecule has 1 aliphatic heterocycles. The average Bonchev–Trinajstić information content (AvgIpc) is 3.43. The van der Waals surface area contributed by atoms with Crippen molar-refractivity contribution in [2.24, 2.45) is 5.10 Å². The molecule has 0 aromatic heterocycles. The third-order valence-electron chi connectivity index (χ3n) is 6.20. The highest BCUT2D eigenvalue weighted by molar-refractivity contribution is 6.37. The first-order valence-corrected chi connectivity index (χ1v) is 12.6. The van der Waals surface area contributed by atoms with Gasteiger partial charge in [0.15, 0.2) is 5.75 Å². The molecular formula is C29H25Cl2N3O2. The maximum atomic E-state index is 12.4. The number of ether oxygens (including phenoxy) is 1. The van der Waals surface area contributed by atoms with Gasteiger partial charge in [0, 0.05) is 24.3 Å². The van der Waals surface area contributed by atoms with E-state index in [1.54, 1.807) is 12.1 Å². The second-order valence-electron chi connectivity index (χ2n) is 8.72. The van der Waals surface area contributed by atoms with Crippen LogP contribution in [0.25, 0.3) is 10.8 Å². The van der Waals surface area contributed by atoms with E-state index >= 15 is 0 Å². The molecule has 0 saturated carbocycles. The lowest BCUT2D eigenvalue weighted by atomic mass is 10.1. The Labute approximate surface area is 220 Å². The van der Waals surface area contributed by atoms with Crippen molar-refractivity contribution < 1.29 is 9.53 Å². The highest BCUT2D eigenvalue weighted by atomic mass is 35.5. The molecule has 0 radical (unpaired) electrons. The number of fused-ring (bicyclic) bond motifs is 1. The molecule has 1 aliphatic rings. The van der Waals surface area contributed by atoms with Gasteiger partial charge in [0.2, 0.25) is 0 Å². The zero-order chi connectivity index (χ0) is 24.9. The minimum Gasteiger partial charge on any atom is -0.486 e. The van der Waals surface area contributed by atoms with Crippen molar-refractivity contribution in [3.63, 3.8) is 0 Å². The van der Waals surface area contributed by atoms with E-state index in [2.05, 4.69) is 39.7 Å². The van der Waals surface area contributed by atoms with Crippen molar-refractivity contribution in [2.75, 3.05) is 18.0 Å². The third kappa shape index (κ3) is 5.64. The number of carbonyl (C=O) groups excluding carboxylic acids is 1. The van der Waals surface area contributed by atoms with Gasteiger partial charge in [-0.1, -0.05) is 59.6 Å². The normalized spacial score (nSPS) is 13.4. The summed E-state index contributed by atoms with van der Waals surface area (Å²) in [5, 5.41) is 7.12. The van der Waals surface area contributed by atoms with Crippen LogP contribution in [-0.4, -0.2) is 25.2 Å². The van der Waals surface area contributed by atoms with E-state index in [9.17, 15) is 4.79 Å². The van der Waals surface area contributed by atoms with Crippen LogP contribution in [0.5, 0.6) is 5.75 Å². The summed E-state index contributed by atoms with van der Waals surface area (Å²) in [5.74, 6) is 0.123. The monoisotopic (exact) mass is 517 g/mol. The summed E-state index contributed by atoms with van der Waals surface area (Å²) in [6, 6.07) is 25.3. The molecule has 0 aliphatic carbocycles. The number of hydrogen-bond donors (Lipinski definition) is 1. The fourth-order valence-electron chi connectivity index (χ4n) is 4.30.